The summed E-state index contributed by atoms with van der Waals surface area (Å²) >= 11 is 0. The second kappa shape index (κ2) is 9.02. The largest absolute Gasteiger partial charge is 0.480 e. The number of H-pyrrole nitrogens is 1. The van der Waals surface area contributed by atoms with Crippen LogP contribution in [0.1, 0.15) is 57.5 Å². The maximum absolute atomic E-state index is 12.0. The summed E-state index contributed by atoms with van der Waals surface area (Å²) in [5, 5.41) is 11.9. The Morgan fingerprint density at radius 3 is 2.38 bits per heavy atom. The first kappa shape index (κ1) is 23.3. The highest BCUT2D eigenvalue weighted by molar-refractivity contribution is 5.84. The van der Waals surface area contributed by atoms with Crippen molar-refractivity contribution < 1.29 is 19.4 Å². The monoisotopic (exact) mass is 437 g/mol. The van der Waals surface area contributed by atoms with Crippen molar-refractivity contribution in [2.24, 2.45) is 0 Å². The Morgan fingerprint density at radius 2 is 1.81 bits per heavy atom. The third-order valence-electron chi connectivity index (χ3n) is 5.09. The van der Waals surface area contributed by atoms with Crippen LogP contribution < -0.4 is 5.32 Å². The standard InChI is InChI=1S/C25H31N3O4/c1-14(2)22-26-19-11-15(3)18(13-20(19)27-22)17-9-7-16(8-10-17)12-21(23(29)30)28-24(31)32-25(4,5)6/h7-11,13-14,21H,12H2,1-6H3,(H,26,27)(H,28,31)(H,29,30)/t21-/m0/s1. The van der Waals surface area contributed by atoms with Crippen molar-refractivity contribution in [2.45, 2.75) is 65.5 Å². The van der Waals surface area contributed by atoms with Crippen LogP contribution in [-0.2, 0) is 16.0 Å². The van der Waals surface area contributed by atoms with Gasteiger partial charge in [-0.1, -0.05) is 38.1 Å². The lowest BCUT2D eigenvalue weighted by Gasteiger charge is -2.22. The molecule has 0 saturated carbocycles. The summed E-state index contributed by atoms with van der Waals surface area (Å²) in [7, 11) is 0. The fourth-order valence-electron chi connectivity index (χ4n) is 3.48. The minimum Gasteiger partial charge on any atom is -0.480 e. The van der Waals surface area contributed by atoms with Gasteiger partial charge in [0.1, 0.15) is 17.5 Å². The van der Waals surface area contributed by atoms with Crippen molar-refractivity contribution in [3.63, 3.8) is 0 Å². The Morgan fingerprint density at radius 1 is 1.16 bits per heavy atom. The number of aliphatic carboxylic acids is 1. The molecule has 0 unspecified atom stereocenters. The Bertz CT molecular complexity index is 1120. The van der Waals surface area contributed by atoms with Crippen LogP contribution in [0.5, 0.6) is 0 Å². The van der Waals surface area contributed by atoms with Gasteiger partial charge in [0.2, 0.25) is 0 Å². The summed E-state index contributed by atoms with van der Waals surface area (Å²) in [6.07, 6.45) is -0.588. The van der Waals surface area contributed by atoms with Crippen molar-refractivity contribution >= 4 is 23.1 Å². The number of ether oxygens (including phenoxy) is 1. The predicted molar refractivity (Wildman–Crippen MR) is 125 cm³/mol. The van der Waals surface area contributed by atoms with Gasteiger partial charge in [0, 0.05) is 12.3 Å². The first-order chi connectivity index (χ1) is 14.9. The molecule has 32 heavy (non-hydrogen) atoms. The van der Waals surface area contributed by atoms with Gasteiger partial charge in [-0.15, -0.1) is 0 Å². The maximum atomic E-state index is 12.0. The molecule has 2 aromatic carbocycles. The predicted octanol–water partition coefficient (Wildman–Crippen LogP) is 5.18. The van der Waals surface area contributed by atoms with Gasteiger partial charge in [-0.05, 0) is 62.1 Å². The molecule has 0 fully saturated rings. The van der Waals surface area contributed by atoms with Crippen LogP contribution in [0.4, 0.5) is 4.79 Å². The van der Waals surface area contributed by atoms with Crippen LogP contribution in [0.25, 0.3) is 22.2 Å². The lowest BCUT2D eigenvalue weighted by Crippen LogP contribution is -2.44. The Labute approximate surface area is 188 Å². The van der Waals surface area contributed by atoms with Gasteiger partial charge in [-0.2, -0.15) is 0 Å². The zero-order chi connectivity index (χ0) is 23.6. The van der Waals surface area contributed by atoms with Crippen LogP contribution in [0.2, 0.25) is 0 Å². The smallest absolute Gasteiger partial charge is 0.408 e. The molecular weight excluding hydrogens is 406 g/mol. The number of hydrogen-bond donors (Lipinski definition) is 3. The highest BCUT2D eigenvalue weighted by Gasteiger charge is 2.24. The fourth-order valence-corrected chi connectivity index (χ4v) is 3.48. The number of nitrogens with zero attached hydrogens (tertiary/aromatic N) is 1. The molecule has 0 aliphatic rings. The minimum absolute atomic E-state index is 0.157. The summed E-state index contributed by atoms with van der Waals surface area (Å²) < 4.78 is 5.18. The number of benzene rings is 2. The number of hydrogen-bond acceptors (Lipinski definition) is 4. The number of aromatic amines is 1. The van der Waals surface area contributed by atoms with E-state index >= 15 is 0 Å². The first-order valence-electron chi connectivity index (χ1n) is 10.7. The van der Waals surface area contributed by atoms with E-state index in [1.165, 1.54) is 0 Å². The molecule has 0 aliphatic heterocycles. The third-order valence-corrected chi connectivity index (χ3v) is 5.09. The van der Waals surface area contributed by atoms with Gasteiger partial charge in [-0.3, -0.25) is 0 Å². The van der Waals surface area contributed by atoms with Crippen molar-refractivity contribution in [2.75, 3.05) is 0 Å². The maximum Gasteiger partial charge on any atom is 0.408 e. The van der Waals surface area contributed by atoms with Gasteiger partial charge >= 0.3 is 12.1 Å². The van der Waals surface area contributed by atoms with Gasteiger partial charge < -0.3 is 20.1 Å². The minimum atomic E-state index is -1.11. The van der Waals surface area contributed by atoms with Crippen LogP contribution in [0, 0.1) is 6.92 Å². The van der Waals surface area contributed by atoms with Gasteiger partial charge in [0.05, 0.1) is 11.0 Å². The number of nitrogens with one attached hydrogen (secondary N) is 2. The van der Waals surface area contributed by atoms with E-state index in [0.29, 0.717) is 5.92 Å². The van der Waals surface area contributed by atoms with E-state index in [2.05, 4.69) is 43.2 Å². The average molecular weight is 438 g/mol. The lowest BCUT2D eigenvalue weighted by atomic mass is 9.97. The Balaban J connectivity index is 1.78. The number of carboxylic acid groups (broad SMARTS) is 1. The zero-order valence-electron chi connectivity index (χ0n) is 19.4. The second-order valence-electron chi connectivity index (χ2n) is 9.40. The average Bonchev–Trinajstić information content (AvgIpc) is 3.09. The van der Waals surface area contributed by atoms with Crippen LogP contribution in [-0.4, -0.2) is 38.8 Å². The third kappa shape index (κ3) is 5.66. The van der Waals surface area contributed by atoms with Gasteiger partial charge in [-0.25, -0.2) is 14.6 Å². The Kier molecular flexibility index (Phi) is 6.57. The SMILES string of the molecule is Cc1cc2[nH]c(C(C)C)nc2cc1-c1ccc(C[C@H](NC(=O)OC(C)(C)C)C(=O)O)cc1. The topological polar surface area (TPSA) is 104 Å². The number of amides is 1. The zero-order valence-corrected chi connectivity index (χ0v) is 19.4. The van der Waals surface area contributed by atoms with E-state index in [1.807, 2.05) is 24.3 Å². The second-order valence-corrected chi connectivity index (χ2v) is 9.40. The number of rotatable bonds is 6. The Hall–Kier alpha value is -3.35. The molecular formula is C25H31N3O4. The van der Waals surface area contributed by atoms with Crippen LogP contribution >= 0.6 is 0 Å². The molecule has 170 valence electrons. The number of carbonyl (C=O) groups is 2. The molecule has 0 spiro atoms. The molecule has 3 aromatic rings. The molecule has 0 radical (unpaired) electrons. The van der Waals surface area contributed by atoms with Crippen molar-refractivity contribution in [3.05, 3.63) is 53.3 Å². The molecule has 0 aliphatic carbocycles. The molecule has 7 heteroatoms. The molecule has 1 heterocycles. The molecule has 1 amide bonds. The normalized spacial score (nSPS) is 12.7. The number of aromatic nitrogens is 2. The van der Waals surface area contributed by atoms with E-state index in [-0.39, 0.29) is 6.42 Å². The number of aryl methyl sites for hydroxylation is 1. The van der Waals surface area contributed by atoms with E-state index in [4.69, 9.17) is 9.72 Å². The fraction of sp³-hybridized carbons (Fsp3) is 0.400. The molecule has 3 rings (SSSR count). The van der Waals surface area contributed by atoms with E-state index in [1.54, 1.807) is 20.8 Å². The van der Waals surface area contributed by atoms with Crippen molar-refractivity contribution in [1.29, 1.82) is 0 Å². The summed E-state index contributed by atoms with van der Waals surface area (Å²) in [4.78, 5) is 31.7. The molecule has 0 bridgehead atoms. The molecule has 0 saturated heterocycles. The summed E-state index contributed by atoms with van der Waals surface area (Å²) in [5.74, 6) is 0.173. The van der Waals surface area contributed by atoms with Gasteiger partial charge in [0.25, 0.3) is 0 Å². The molecule has 7 nitrogen and oxygen atoms in total. The van der Waals surface area contributed by atoms with E-state index < -0.39 is 23.7 Å². The van der Waals surface area contributed by atoms with Gasteiger partial charge in [0.15, 0.2) is 0 Å². The molecule has 3 N–H and O–H groups in total. The van der Waals surface area contributed by atoms with Crippen molar-refractivity contribution in [1.82, 2.24) is 15.3 Å². The summed E-state index contributed by atoms with van der Waals surface area (Å²) in [6, 6.07) is 10.8. The number of imidazole rings is 1. The molecule has 1 atom stereocenters. The van der Waals surface area contributed by atoms with Crippen molar-refractivity contribution in [3.8, 4) is 11.1 Å². The number of alkyl carbamates (subject to hydrolysis) is 1. The molecule has 1 aromatic heterocycles. The number of carbonyl (C=O) groups excluding carboxylic acids is 1. The summed E-state index contributed by atoms with van der Waals surface area (Å²) in [6.45, 7) is 11.5. The number of carboxylic acids is 1. The quantitative estimate of drug-likeness (QED) is 0.493. The lowest BCUT2D eigenvalue weighted by molar-refractivity contribution is -0.139. The first-order valence-corrected chi connectivity index (χ1v) is 10.7. The van der Waals surface area contributed by atoms with E-state index in [9.17, 15) is 14.7 Å². The van der Waals surface area contributed by atoms with E-state index in [0.717, 1.165) is 39.1 Å². The summed E-state index contributed by atoms with van der Waals surface area (Å²) in [5.41, 5.74) is 5.27. The highest BCUT2D eigenvalue weighted by atomic mass is 16.6. The van der Waals surface area contributed by atoms with Crippen LogP contribution in [0.3, 0.4) is 0 Å². The number of fused-ring (bicyclic) bond motifs is 1. The van der Waals surface area contributed by atoms with Crippen LogP contribution in [0.15, 0.2) is 36.4 Å². The highest BCUT2D eigenvalue weighted by Crippen LogP contribution is 2.29.